The minimum absolute atomic E-state index is 0. The fourth-order valence-electron chi connectivity index (χ4n) is 10.7. The van der Waals surface area contributed by atoms with E-state index < -0.39 is 156 Å². The summed E-state index contributed by atoms with van der Waals surface area (Å²) in [6.07, 6.45) is 3.04. The van der Waals surface area contributed by atoms with Gasteiger partial charge in [0.15, 0.2) is 0 Å². The van der Waals surface area contributed by atoms with Gasteiger partial charge >= 0.3 is 0 Å². The summed E-state index contributed by atoms with van der Waals surface area (Å²) < 4.78 is 0. The van der Waals surface area contributed by atoms with Crippen LogP contribution in [0.1, 0.15) is 156 Å². The minimum atomic E-state index is -1.61. The molecule has 1 saturated heterocycles. The molecule has 86 heavy (non-hydrogen) atoms. The lowest BCUT2D eigenvalue weighted by atomic mass is 9.91. The van der Waals surface area contributed by atoms with Crippen LogP contribution in [0.25, 0.3) is 0 Å². The third-order valence-electron chi connectivity index (χ3n) is 16.1. The third kappa shape index (κ3) is 22.4. The Hall–Kier alpha value is -5.84. The van der Waals surface area contributed by atoms with Crippen LogP contribution >= 0.6 is 12.4 Å². The molecule has 12 atom stereocenters. The fraction of sp³-hybridized carbons (Fsp3) is 0.790. The van der Waals surface area contributed by atoms with Crippen molar-refractivity contribution in [1.82, 2.24) is 55.6 Å². The van der Waals surface area contributed by atoms with Crippen molar-refractivity contribution in [3.63, 3.8) is 0 Å². The maximum absolute atomic E-state index is 15.1. The monoisotopic (exact) mass is 1240 g/mol. The quantitative estimate of drug-likeness (QED) is 0.147. The molecule has 5 N–H and O–H groups in total. The first-order chi connectivity index (χ1) is 39.2. The molecule has 0 aromatic heterocycles. The number of carbonyl (C=O) groups is 11. The van der Waals surface area contributed by atoms with E-state index in [0.717, 1.165) is 9.80 Å². The number of halogens is 1. The maximum Gasteiger partial charge on any atom is 0.246 e. The molecule has 24 heteroatoms. The molecule has 0 radical (unpaired) electrons. The molecule has 23 nitrogen and oxygen atoms in total. The zero-order valence-corrected chi connectivity index (χ0v) is 57.3. The Kier molecular flexibility index (Phi) is 34.0. The average molecular weight is 1240 g/mol. The lowest BCUT2D eigenvalue weighted by Gasteiger charge is -2.41. The molecular weight excluding hydrogens is 1130 g/mol. The molecule has 1 fully saturated rings. The first-order valence-electron chi connectivity index (χ1n) is 30.6. The van der Waals surface area contributed by atoms with E-state index in [1.54, 1.807) is 54.5 Å². The highest BCUT2D eigenvalue weighted by molar-refractivity contribution is 5.99. The van der Waals surface area contributed by atoms with Crippen molar-refractivity contribution in [2.24, 2.45) is 41.4 Å². The number of aliphatic hydroxyl groups is 1. The lowest BCUT2D eigenvalue weighted by Crippen LogP contribution is -2.63. The van der Waals surface area contributed by atoms with Crippen LogP contribution in [-0.2, 0) is 52.7 Å². The molecule has 1 aliphatic rings. The Balaban J connectivity index is 0.0000722. The van der Waals surface area contributed by atoms with Crippen LogP contribution in [0, 0.1) is 41.4 Å². The number of aliphatic hydroxyl groups excluding tert-OH is 1. The van der Waals surface area contributed by atoms with Crippen molar-refractivity contribution in [2.75, 3.05) is 55.9 Å². The molecule has 0 spiro atoms. The largest absolute Gasteiger partial charge is 0.390 e. The highest BCUT2D eigenvalue weighted by Crippen LogP contribution is 2.26. The van der Waals surface area contributed by atoms with Gasteiger partial charge in [0.2, 0.25) is 65.0 Å². The second kappa shape index (κ2) is 36.5. The third-order valence-corrected chi connectivity index (χ3v) is 16.1. The summed E-state index contributed by atoms with van der Waals surface area (Å²) in [7, 11) is 9.92. The Morgan fingerprint density at radius 1 is 0.465 bits per heavy atom. The van der Waals surface area contributed by atoms with Gasteiger partial charge in [-0.05, 0) is 101 Å². The number of nitrogens with one attached hydrogen (secondary N) is 4. The summed E-state index contributed by atoms with van der Waals surface area (Å²) in [4.78, 5) is 169. The van der Waals surface area contributed by atoms with Crippen molar-refractivity contribution in [1.29, 1.82) is 0 Å². The van der Waals surface area contributed by atoms with Crippen molar-refractivity contribution in [2.45, 2.75) is 223 Å². The van der Waals surface area contributed by atoms with E-state index in [4.69, 9.17) is 0 Å². The van der Waals surface area contributed by atoms with Gasteiger partial charge in [0.1, 0.15) is 60.4 Å². The fourth-order valence-corrected chi connectivity index (χ4v) is 10.7. The maximum atomic E-state index is 15.1. The molecule has 2 unspecified atom stereocenters. The van der Waals surface area contributed by atoms with Gasteiger partial charge in [0.25, 0.3) is 0 Å². The van der Waals surface area contributed by atoms with E-state index in [2.05, 4.69) is 21.3 Å². The number of likely N-dealkylation sites (N-methyl/N-ethyl adjacent to an activating group) is 7. The predicted octanol–water partition coefficient (Wildman–Crippen LogP) is 3.69. The van der Waals surface area contributed by atoms with Gasteiger partial charge in [-0.1, -0.05) is 109 Å². The molecule has 1 rings (SSSR count). The SMILES string of the molecule is C/C=C/CC(C)C(O)[C@H]1C(=O)N[C@@H](CC)C(=O)N(C)CC(=O)N(C)[C@@H](CC(C)C)C(=O)N[C@@H](C(C)C)C(=O)N(C)[C@@H](CC(C)C)C(=O)N[C@@H](C)C(=O)N[C@H](C)C(=O)N(C)[C@@H](CC(C)C)C(=O)N(C)[C@@H](CC(C)C)C(=O)N(C)[C@@H](C(C)C)C(=O)N1C.Cl. The summed E-state index contributed by atoms with van der Waals surface area (Å²) >= 11 is 0. The van der Waals surface area contributed by atoms with Gasteiger partial charge in [0, 0.05) is 49.3 Å². The van der Waals surface area contributed by atoms with E-state index in [9.17, 15) is 48.3 Å². The van der Waals surface area contributed by atoms with Gasteiger partial charge in [-0.25, -0.2) is 0 Å². The van der Waals surface area contributed by atoms with Crippen molar-refractivity contribution >= 4 is 77.4 Å². The zero-order chi connectivity index (χ0) is 66.0. The van der Waals surface area contributed by atoms with Crippen LogP contribution in [0.5, 0.6) is 0 Å². The molecule has 0 aromatic rings. The van der Waals surface area contributed by atoms with Gasteiger partial charge in [-0.3, -0.25) is 52.7 Å². The first kappa shape index (κ1) is 80.2. The standard InChI is InChI=1S/C62H111N11O12.ClH/c1-25-27-28-40(15)52(75)51-56(79)65-43(26-2)58(81)67(18)33-48(74)68(19)44(29-34(3)4)55(78)66-49(38(11)12)61(84)69(20)45(30-35(5)6)54(77)63-41(16)53(76)64-42(17)57(80)70(21)46(31-36(7)8)59(82)71(22)47(32-37(9)10)60(83)72(23)50(39(13)14)62(85)73(51)24;/h25,27,34-47,49-52,75H,26,28-33H2,1-24H3,(H,63,77)(H,64,76)(H,65,79)(H,66,78);1H/b27-25+;/t40?,41-,42+,43-,44-,45-,46-,47-,49-,50-,51-,52?;/m0./s1. The minimum Gasteiger partial charge on any atom is -0.390 e. The molecular formula is C62H112ClN11O12. The zero-order valence-electron chi connectivity index (χ0n) is 56.5. The molecule has 0 aliphatic carbocycles. The summed E-state index contributed by atoms with van der Waals surface area (Å²) in [5.41, 5.74) is 0. The summed E-state index contributed by atoms with van der Waals surface area (Å²) in [6.45, 7) is 29.3. The van der Waals surface area contributed by atoms with Crippen LogP contribution in [0.4, 0.5) is 0 Å². The predicted molar refractivity (Wildman–Crippen MR) is 336 cm³/mol. The van der Waals surface area contributed by atoms with Crippen molar-refractivity contribution in [3.8, 4) is 0 Å². The van der Waals surface area contributed by atoms with Crippen molar-refractivity contribution < 1.29 is 57.8 Å². The van der Waals surface area contributed by atoms with Crippen LogP contribution in [0.2, 0.25) is 0 Å². The highest BCUT2D eigenvalue weighted by atomic mass is 35.5. The highest BCUT2D eigenvalue weighted by Gasteiger charge is 2.45. The Morgan fingerprint density at radius 2 is 0.872 bits per heavy atom. The number of allylic oxidation sites excluding steroid dienone is 2. The van der Waals surface area contributed by atoms with Gasteiger partial charge < -0.3 is 60.7 Å². The number of rotatable bonds is 15. The second-order valence-corrected chi connectivity index (χ2v) is 26.1. The number of amides is 11. The lowest BCUT2D eigenvalue weighted by molar-refractivity contribution is -0.157. The molecule has 1 heterocycles. The van der Waals surface area contributed by atoms with Gasteiger partial charge in [0.05, 0.1) is 12.6 Å². The van der Waals surface area contributed by atoms with Crippen LogP contribution < -0.4 is 21.3 Å². The molecule has 0 bridgehead atoms. The second-order valence-electron chi connectivity index (χ2n) is 26.1. The Morgan fingerprint density at radius 3 is 1.31 bits per heavy atom. The van der Waals surface area contributed by atoms with Crippen LogP contribution in [0.15, 0.2) is 12.2 Å². The molecule has 494 valence electrons. The Bertz CT molecular complexity index is 2330. The molecule has 1 aliphatic heterocycles. The smallest absolute Gasteiger partial charge is 0.246 e. The average Bonchev–Trinajstić information content (AvgIpc) is 3.35. The first-order valence-corrected chi connectivity index (χ1v) is 30.6. The van der Waals surface area contributed by atoms with E-state index in [0.29, 0.717) is 6.42 Å². The number of nitrogens with zero attached hydrogens (tertiary/aromatic N) is 7. The Labute approximate surface area is 521 Å². The van der Waals surface area contributed by atoms with E-state index in [-0.39, 0.29) is 68.2 Å². The molecule has 0 saturated carbocycles. The molecule has 11 amide bonds. The van der Waals surface area contributed by atoms with E-state index in [1.807, 2.05) is 61.5 Å². The number of hydrogen-bond donors (Lipinski definition) is 5. The van der Waals surface area contributed by atoms with E-state index in [1.165, 1.54) is 87.7 Å². The van der Waals surface area contributed by atoms with E-state index >= 15 is 9.59 Å². The van der Waals surface area contributed by atoms with Gasteiger partial charge in [-0.2, -0.15) is 0 Å². The normalized spacial score (nSPS) is 26.6. The summed E-state index contributed by atoms with van der Waals surface area (Å²) in [5.74, 6) is -9.71. The summed E-state index contributed by atoms with van der Waals surface area (Å²) in [6, 6.07) is -12.3. The number of carbonyl (C=O) groups excluding carboxylic acids is 11. The van der Waals surface area contributed by atoms with Gasteiger partial charge in [-0.15, -0.1) is 12.4 Å². The van der Waals surface area contributed by atoms with Crippen LogP contribution in [-0.4, -0.2) is 227 Å². The van der Waals surface area contributed by atoms with Crippen LogP contribution in [0.3, 0.4) is 0 Å². The molecule has 0 aromatic carbocycles. The summed E-state index contributed by atoms with van der Waals surface area (Å²) in [5, 5.41) is 23.1. The topological polar surface area (TPSA) is 279 Å². The number of hydrogen-bond acceptors (Lipinski definition) is 12. The van der Waals surface area contributed by atoms with Crippen molar-refractivity contribution in [3.05, 3.63) is 12.2 Å².